The van der Waals surface area contributed by atoms with Crippen molar-refractivity contribution in [3.05, 3.63) is 53.1 Å². The molecule has 24 heavy (non-hydrogen) atoms. The summed E-state index contributed by atoms with van der Waals surface area (Å²) in [5.74, 6) is -3.77. The van der Waals surface area contributed by atoms with Crippen molar-refractivity contribution in [3.8, 4) is 0 Å². The molecule has 0 spiro atoms. The van der Waals surface area contributed by atoms with E-state index in [1.807, 2.05) is 4.90 Å². The van der Waals surface area contributed by atoms with E-state index in [-0.39, 0.29) is 23.8 Å². The van der Waals surface area contributed by atoms with Crippen LogP contribution in [0.5, 0.6) is 0 Å². The fourth-order valence-corrected chi connectivity index (χ4v) is 2.94. The van der Waals surface area contributed by atoms with Crippen LogP contribution in [0.25, 0.3) is 0 Å². The second kappa shape index (κ2) is 6.64. The van der Waals surface area contributed by atoms with Crippen LogP contribution in [0, 0.1) is 17.5 Å². The highest BCUT2D eigenvalue weighted by Gasteiger charge is 2.24. The maximum absolute atomic E-state index is 13.7. The number of benzene rings is 1. The molecule has 128 valence electrons. The maximum Gasteiger partial charge on any atom is 0.356 e. The Morgan fingerprint density at radius 3 is 2.38 bits per heavy atom. The number of carbonyl (C=O) groups is 1. The molecule has 8 heteroatoms. The Kier molecular flexibility index (Phi) is 4.57. The summed E-state index contributed by atoms with van der Waals surface area (Å²) >= 11 is 0. The molecule has 1 fully saturated rings. The van der Waals surface area contributed by atoms with Gasteiger partial charge in [-0.25, -0.2) is 18.0 Å². The number of aromatic carboxylic acids is 1. The zero-order chi connectivity index (χ0) is 17.3. The summed E-state index contributed by atoms with van der Waals surface area (Å²) in [7, 11) is 0. The summed E-state index contributed by atoms with van der Waals surface area (Å²) in [5.41, 5.74) is -0.144. The molecule has 1 N–H and O–H groups in total. The molecular formula is C16H16F3N3O2. The number of carboxylic acid groups (broad SMARTS) is 1. The minimum absolute atomic E-state index is 0.00659. The van der Waals surface area contributed by atoms with Crippen molar-refractivity contribution in [1.29, 1.82) is 0 Å². The van der Waals surface area contributed by atoms with Crippen LogP contribution in [0.1, 0.15) is 34.9 Å². The Bertz CT molecular complexity index is 732. The average Bonchev–Trinajstić information content (AvgIpc) is 3.01. The third-order valence-electron chi connectivity index (χ3n) is 4.25. The van der Waals surface area contributed by atoms with Crippen molar-refractivity contribution in [1.82, 2.24) is 14.7 Å². The van der Waals surface area contributed by atoms with E-state index in [9.17, 15) is 18.0 Å². The summed E-state index contributed by atoms with van der Waals surface area (Å²) in [6, 6.07) is 2.86. The molecule has 0 saturated carbocycles. The van der Waals surface area contributed by atoms with Crippen LogP contribution in [-0.4, -0.2) is 38.8 Å². The van der Waals surface area contributed by atoms with Crippen molar-refractivity contribution in [2.24, 2.45) is 0 Å². The summed E-state index contributed by atoms with van der Waals surface area (Å²) < 4.78 is 42.0. The quantitative estimate of drug-likeness (QED) is 0.931. The molecule has 1 aliphatic rings. The lowest BCUT2D eigenvalue weighted by atomic mass is 10.0. The Hall–Kier alpha value is -2.35. The zero-order valence-electron chi connectivity index (χ0n) is 12.8. The minimum atomic E-state index is -1.08. The average molecular weight is 339 g/mol. The van der Waals surface area contributed by atoms with E-state index in [4.69, 9.17) is 5.11 Å². The standard InChI is InChI=1S/C16H16F3N3O2/c17-10-7-13(18)12(14(19)8-10)9-21-4-1-11(2-5-21)22-6-3-15(20-22)16(23)24/h3,6-8,11H,1-2,4-5,9H2,(H,23,24). The first-order valence-corrected chi connectivity index (χ1v) is 7.58. The van der Waals surface area contributed by atoms with Crippen LogP contribution in [0.4, 0.5) is 13.2 Å². The molecule has 0 radical (unpaired) electrons. The smallest absolute Gasteiger partial charge is 0.356 e. The summed E-state index contributed by atoms with van der Waals surface area (Å²) in [6.45, 7) is 1.25. The predicted molar refractivity (Wildman–Crippen MR) is 79.1 cm³/mol. The number of hydrogen-bond donors (Lipinski definition) is 1. The monoisotopic (exact) mass is 339 g/mol. The van der Waals surface area contributed by atoms with Gasteiger partial charge in [-0.05, 0) is 18.9 Å². The molecule has 5 nitrogen and oxygen atoms in total. The Labute approximate surface area is 136 Å². The highest BCUT2D eigenvalue weighted by Crippen LogP contribution is 2.25. The van der Waals surface area contributed by atoms with Gasteiger partial charge in [-0.1, -0.05) is 0 Å². The first kappa shape index (κ1) is 16.5. The van der Waals surface area contributed by atoms with Gasteiger partial charge < -0.3 is 5.11 Å². The van der Waals surface area contributed by atoms with Gasteiger partial charge in [-0.15, -0.1) is 0 Å². The SMILES string of the molecule is O=C(O)c1ccn(C2CCN(Cc3c(F)cc(F)cc3F)CC2)n1. The summed E-state index contributed by atoms with van der Waals surface area (Å²) in [6.07, 6.45) is 3.00. The Morgan fingerprint density at radius 1 is 1.21 bits per heavy atom. The fourth-order valence-electron chi connectivity index (χ4n) is 2.94. The topological polar surface area (TPSA) is 58.4 Å². The fraction of sp³-hybridized carbons (Fsp3) is 0.375. The molecular weight excluding hydrogens is 323 g/mol. The molecule has 0 aliphatic carbocycles. The molecule has 2 heterocycles. The second-order valence-electron chi connectivity index (χ2n) is 5.84. The van der Waals surface area contributed by atoms with Crippen LogP contribution in [0.2, 0.25) is 0 Å². The molecule has 3 rings (SSSR count). The van der Waals surface area contributed by atoms with E-state index in [0.717, 1.165) is 0 Å². The normalized spacial score (nSPS) is 16.5. The Balaban J connectivity index is 1.62. The van der Waals surface area contributed by atoms with Gasteiger partial charge in [0, 0.05) is 43.5 Å². The number of piperidine rings is 1. The van der Waals surface area contributed by atoms with Gasteiger partial charge in [0.25, 0.3) is 0 Å². The maximum atomic E-state index is 13.7. The van der Waals surface area contributed by atoms with Crippen LogP contribution in [-0.2, 0) is 6.54 Å². The number of carboxylic acids is 1. The molecule has 0 bridgehead atoms. The van der Waals surface area contributed by atoms with Crippen LogP contribution >= 0.6 is 0 Å². The van der Waals surface area contributed by atoms with Gasteiger partial charge in [0.2, 0.25) is 0 Å². The number of likely N-dealkylation sites (tertiary alicyclic amines) is 1. The van der Waals surface area contributed by atoms with Gasteiger partial charge >= 0.3 is 5.97 Å². The predicted octanol–water partition coefficient (Wildman–Crippen LogP) is 2.84. The zero-order valence-corrected chi connectivity index (χ0v) is 12.8. The van der Waals surface area contributed by atoms with Gasteiger partial charge in [0.05, 0.1) is 6.04 Å². The number of rotatable bonds is 4. The van der Waals surface area contributed by atoms with Crippen molar-refractivity contribution < 1.29 is 23.1 Å². The van der Waals surface area contributed by atoms with Crippen LogP contribution in [0.3, 0.4) is 0 Å². The lowest BCUT2D eigenvalue weighted by Gasteiger charge is -2.32. The van der Waals surface area contributed by atoms with E-state index in [1.165, 1.54) is 6.07 Å². The van der Waals surface area contributed by atoms with Crippen LogP contribution < -0.4 is 0 Å². The third kappa shape index (κ3) is 3.43. The lowest BCUT2D eigenvalue weighted by Crippen LogP contribution is -2.35. The highest BCUT2D eigenvalue weighted by atomic mass is 19.1. The lowest BCUT2D eigenvalue weighted by molar-refractivity contribution is 0.0688. The molecule has 0 atom stereocenters. The van der Waals surface area contributed by atoms with Crippen molar-refractivity contribution >= 4 is 5.97 Å². The molecule has 1 aromatic heterocycles. The van der Waals surface area contributed by atoms with E-state index in [0.29, 0.717) is 38.1 Å². The van der Waals surface area contributed by atoms with Gasteiger partial charge in [0.15, 0.2) is 5.69 Å². The Morgan fingerprint density at radius 2 is 1.83 bits per heavy atom. The first-order chi connectivity index (χ1) is 11.4. The number of nitrogens with zero attached hydrogens (tertiary/aromatic N) is 3. The first-order valence-electron chi connectivity index (χ1n) is 7.58. The summed E-state index contributed by atoms with van der Waals surface area (Å²) in [4.78, 5) is 12.7. The van der Waals surface area contributed by atoms with E-state index >= 15 is 0 Å². The molecule has 1 aliphatic heterocycles. The van der Waals surface area contributed by atoms with E-state index in [1.54, 1.807) is 10.9 Å². The molecule has 0 amide bonds. The number of halogens is 3. The van der Waals surface area contributed by atoms with E-state index in [2.05, 4.69) is 5.10 Å². The van der Waals surface area contributed by atoms with Crippen molar-refractivity contribution in [2.45, 2.75) is 25.4 Å². The molecule has 2 aromatic rings. The van der Waals surface area contributed by atoms with Crippen molar-refractivity contribution in [3.63, 3.8) is 0 Å². The molecule has 1 saturated heterocycles. The minimum Gasteiger partial charge on any atom is -0.476 e. The van der Waals surface area contributed by atoms with Crippen LogP contribution in [0.15, 0.2) is 24.4 Å². The summed E-state index contributed by atoms with van der Waals surface area (Å²) in [5, 5.41) is 12.9. The molecule has 1 aromatic carbocycles. The number of aromatic nitrogens is 2. The van der Waals surface area contributed by atoms with Gasteiger partial charge in [0.1, 0.15) is 17.5 Å². The van der Waals surface area contributed by atoms with Gasteiger partial charge in [-0.3, -0.25) is 9.58 Å². The highest BCUT2D eigenvalue weighted by molar-refractivity contribution is 5.85. The van der Waals surface area contributed by atoms with Crippen molar-refractivity contribution in [2.75, 3.05) is 13.1 Å². The molecule has 0 unspecified atom stereocenters. The third-order valence-corrected chi connectivity index (χ3v) is 4.25. The largest absolute Gasteiger partial charge is 0.476 e. The second-order valence-corrected chi connectivity index (χ2v) is 5.84. The van der Waals surface area contributed by atoms with Gasteiger partial charge in [-0.2, -0.15) is 5.10 Å². The van der Waals surface area contributed by atoms with E-state index < -0.39 is 23.4 Å². The number of hydrogen-bond acceptors (Lipinski definition) is 3.